The molecule has 0 amide bonds. The second kappa shape index (κ2) is 10.4. The molecule has 1 aromatic heterocycles. The molecular weight excluding hydrogens is 356 g/mol. The summed E-state index contributed by atoms with van der Waals surface area (Å²) in [5.74, 6) is 0. The smallest absolute Gasteiger partial charge is 0.372 e. The Morgan fingerprint density at radius 2 is 1.92 bits per heavy atom. The minimum atomic E-state index is -0.323. The van der Waals surface area contributed by atoms with Crippen molar-refractivity contribution >= 4 is 28.7 Å². The van der Waals surface area contributed by atoms with Gasteiger partial charge in [-0.1, -0.05) is 75.0 Å². The molecule has 0 saturated heterocycles. The largest absolute Gasteiger partial charge is 0.454 e. The molecule has 0 aliphatic carbocycles. The van der Waals surface area contributed by atoms with Crippen molar-refractivity contribution in [3.8, 4) is 11.3 Å². The fourth-order valence-corrected chi connectivity index (χ4v) is 3.49. The fraction of sp³-hybridized carbons (Fsp3) is 0.421. The van der Waals surface area contributed by atoms with Crippen LogP contribution in [-0.4, -0.2) is 21.6 Å². The van der Waals surface area contributed by atoms with E-state index in [4.69, 9.17) is 16.3 Å². The summed E-state index contributed by atoms with van der Waals surface area (Å²) in [5, 5.41) is 7.99. The Labute approximate surface area is 158 Å². The van der Waals surface area contributed by atoms with E-state index in [9.17, 15) is 4.79 Å². The van der Waals surface area contributed by atoms with E-state index >= 15 is 0 Å². The van der Waals surface area contributed by atoms with Crippen molar-refractivity contribution in [2.24, 2.45) is 0 Å². The van der Waals surface area contributed by atoms with Gasteiger partial charge < -0.3 is 4.74 Å². The van der Waals surface area contributed by atoms with Gasteiger partial charge in [-0.05, 0) is 30.7 Å². The third kappa shape index (κ3) is 6.33. The van der Waals surface area contributed by atoms with E-state index in [0.717, 1.165) is 49.4 Å². The predicted molar refractivity (Wildman–Crippen MR) is 103 cm³/mol. The number of hydrogen-bond acceptors (Lipinski definition) is 5. The normalized spacial score (nSPS) is 12.0. The van der Waals surface area contributed by atoms with E-state index in [1.165, 1.54) is 0 Å². The van der Waals surface area contributed by atoms with E-state index in [1.54, 1.807) is 6.07 Å². The topological polar surface area (TPSA) is 52.1 Å². The number of carbonyl (C=O) groups excluding carboxylic acids is 1. The second-order valence-corrected chi connectivity index (χ2v) is 7.13. The van der Waals surface area contributed by atoms with Gasteiger partial charge in [0.15, 0.2) is 5.15 Å². The van der Waals surface area contributed by atoms with Crippen LogP contribution in [0.1, 0.15) is 46.0 Å². The van der Waals surface area contributed by atoms with E-state index in [0.29, 0.717) is 10.6 Å². The van der Waals surface area contributed by atoms with Crippen molar-refractivity contribution in [2.45, 2.75) is 57.0 Å². The molecule has 0 bridgehead atoms. The van der Waals surface area contributed by atoms with Gasteiger partial charge in [-0.25, -0.2) is 4.79 Å². The summed E-state index contributed by atoms with van der Waals surface area (Å²) in [5.41, 5.74) is 1.52. The van der Waals surface area contributed by atoms with Gasteiger partial charge in [0.05, 0.1) is 0 Å². The van der Waals surface area contributed by atoms with E-state index in [2.05, 4.69) is 24.0 Å². The Kier molecular flexibility index (Phi) is 8.22. The Bertz CT molecular complexity index is 682. The molecule has 1 unspecified atom stereocenters. The zero-order valence-corrected chi connectivity index (χ0v) is 16.1. The molecule has 2 aromatic rings. The molecule has 2 rings (SSSR count). The highest BCUT2D eigenvalue weighted by atomic mass is 35.5. The molecule has 0 N–H and O–H groups in total. The van der Waals surface area contributed by atoms with E-state index < -0.39 is 0 Å². The minimum absolute atomic E-state index is 0.0320. The first-order chi connectivity index (χ1) is 12.1. The Morgan fingerprint density at radius 1 is 1.16 bits per heavy atom. The van der Waals surface area contributed by atoms with Crippen LogP contribution in [0.5, 0.6) is 0 Å². The van der Waals surface area contributed by atoms with Crippen LogP contribution in [0.3, 0.4) is 0 Å². The molecule has 1 atom stereocenters. The number of halogens is 1. The van der Waals surface area contributed by atoms with Gasteiger partial charge in [0, 0.05) is 10.5 Å². The fourth-order valence-electron chi connectivity index (χ4n) is 2.49. The summed E-state index contributed by atoms with van der Waals surface area (Å²) < 4.78 is 5.66. The lowest BCUT2D eigenvalue weighted by molar-refractivity contribution is 0.109. The maximum absolute atomic E-state index is 12.4. The molecule has 6 heteroatoms. The van der Waals surface area contributed by atoms with Crippen molar-refractivity contribution in [1.29, 1.82) is 0 Å². The van der Waals surface area contributed by atoms with Crippen LogP contribution in [-0.2, 0) is 4.74 Å². The van der Waals surface area contributed by atoms with Crippen LogP contribution < -0.4 is 0 Å². The second-order valence-electron chi connectivity index (χ2n) is 5.77. The predicted octanol–water partition coefficient (Wildman–Crippen LogP) is 6.38. The van der Waals surface area contributed by atoms with Crippen molar-refractivity contribution in [3.63, 3.8) is 0 Å². The van der Waals surface area contributed by atoms with Gasteiger partial charge >= 0.3 is 5.30 Å². The average molecular weight is 379 g/mol. The number of thioether (sulfide) groups is 1. The Hall–Kier alpha value is -1.59. The molecule has 1 aromatic carbocycles. The third-order valence-electron chi connectivity index (χ3n) is 3.72. The van der Waals surface area contributed by atoms with Crippen LogP contribution in [0.2, 0.25) is 5.15 Å². The zero-order valence-electron chi connectivity index (χ0n) is 14.6. The maximum Gasteiger partial charge on any atom is 0.372 e. The Morgan fingerprint density at radius 3 is 2.60 bits per heavy atom. The first-order valence-corrected chi connectivity index (χ1v) is 9.80. The number of nitrogens with zero attached hydrogens (tertiary/aromatic N) is 2. The van der Waals surface area contributed by atoms with Crippen LogP contribution in [0.25, 0.3) is 11.3 Å². The number of carbonyl (C=O) groups is 1. The summed E-state index contributed by atoms with van der Waals surface area (Å²) in [7, 11) is 0. The number of hydrogen-bond donors (Lipinski definition) is 0. The molecule has 4 nitrogen and oxygen atoms in total. The molecule has 1 heterocycles. The first kappa shape index (κ1) is 19.7. The van der Waals surface area contributed by atoms with Gasteiger partial charge in [-0.3, -0.25) is 0 Å². The molecule has 0 fully saturated rings. The molecule has 0 aliphatic rings. The standard InChI is InChI=1S/C19H23ClN2O2S/c1-3-5-12-15(9-4-2)24-19(23)25-16-13-17(20)21-22-18(16)14-10-7-6-8-11-14/h6-8,10-11,13,15H,3-5,9,12H2,1-2H3. The summed E-state index contributed by atoms with van der Waals surface area (Å²) in [4.78, 5) is 13.1. The Balaban J connectivity index is 2.13. The number of unbranched alkanes of at least 4 members (excludes halogenated alkanes) is 1. The van der Waals surface area contributed by atoms with Gasteiger partial charge in [-0.2, -0.15) is 0 Å². The molecule has 0 aliphatic heterocycles. The monoisotopic (exact) mass is 378 g/mol. The van der Waals surface area contributed by atoms with Crippen molar-refractivity contribution in [3.05, 3.63) is 41.6 Å². The highest BCUT2D eigenvalue weighted by molar-refractivity contribution is 8.13. The lowest BCUT2D eigenvalue weighted by Crippen LogP contribution is -2.15. The number of rotatable bonds is 8. The molecular formula is C19H23ClN2O2S. The van der Waals surface area contributed by atoms with Crippen LogP contribution in [0.15, 0.2) is 41.3 Å². The minimum Gasteiger partial charge on any atom is -0.454 e. The molecule has 0 saturated carbocycles. The van der Waals surface area contributed by atoms with Crippen molar-refractivity contribution in [2.75, 3.05) is 0 Å². The van der Waals surface area contributed by atoms with Gasteiger partial charge in [-0.15, -0.1) is 10.2 Å². The molecule has 0 spiro atoms. The highest BCUT2D eigenvalue weighted by Crippen LogP contribution is 2.32. The van der Waals surface area contributed by atoms with Crippen LogP contribution in [0, 0.1) is 0 Å². The van der Waals surface area contributed by atoms with E-state index in [-0.39, 0.29) is 16.6 Å². The van der Waals surface area contributed by atoms with Crippen LogP contribution in [0.4, 0.5) is 4.79 Å². The number of benzene rings is 1. The van der Waals surface area contributed by atoms with Crippen LogP contribution >= 0.6 is 23.4 Å². The quantitative estimate of drug-likeness (QED) is 0.393. The van der Waals surface area contributed by atoms with E-state index in [1.807, 2.05) is 30.3 Å². The summed E-state index contributed by atoms with van der Waals surface area (Å²) >= 11 is 6.99. The maximum atomic E-state index is 12.4. The van der Waals surface area contributed by atoms with Crippen molar-refractivity contribution in [1.82, 2.24) is 10.2 Å². The summed E-state index contributed by atoms with van der Waals surface area (Å²) in [6, 6.07) is 11.3. The summed E-state index contributed by atoms with van der Waals surface area (Å²) in [6.07, 6.45) is 4.89. The molecule has 25 heavy (non-hydrogen) atoms. The average Bonchev–Trinajstić information content (AvgIpc) is 2.60. The lowest BCUT2D eigenvalue weighted by Gasteiger charge is -2.17. The first-order valence-electron chi connectivity index (χ1n) is 8.61. The van der Waals surface area contributed by atoms with Crippen molar-refractivity contribution < 1.29 is 9.53 Å². The molecule has 134 valence electrons. The SMILES string of the molecule is CCCCC(CCC)OC(=O)Sc1cc(Cl)nnc1-c1ccccc1. The van der Waals surface area contributed by atoms with Gasteiger partial charge in [0.1, 0.15) is 11.8 Å². The number of ether oxygens (including phenoxy) is 1. The number of aromatic nitrogens is 2. The zero-order chi connectivity index (χ0) is 18.1. The third-order valence-corrected chi connectivity index (χ3v) is 4.70. The van der Waals surface area contributed by atoms with Gasteiger partial charge in [0.2, 0.25) is 0 Å². The highest BCUT2D eigenvalue weighted by Gasteiger charge is 2.18. The summed E-state index contributed by atoms with van der Waals surface area (Å²) in [6.45, 7) is 4.23. The van der Waals surface area contributed by atoms with Gasteiger partial charge in [0.25, 0.3) is 0 Å². The molecule has 0 radical (unpaired) electrons. The lowest BCUT2D eigenvalue weighted by atomic mass is 10.1.